The van der Waals surface area contributed by atoms with E-state index in [1.54, 1.807) is 19.1 Å². The molecular weight excluding hydrogens is 286 g/mol. The summed E-state index contributed by atoms with van der Waals surface area (Å²) in [5.74, 6) is -0.372. The summed E-state index contributed by atoms with van der Waals surface area (Å²) in [5, 5.41) is 23.9. The van der Waals surface area contributed by atoms with Gasteiger partial charge >= 0.3 is 0 Å². The first-order valence-electron chi connectivity index (χ1n) is 6.36. The largest absolute Gasteiger partial charge is 0.508 e. The number of rotatable bonds is 4. The third-order valence-electron chi connectivity index (χ3n) is 2.93. The van der Waals surface area contributed by atoms with Gasteiger partial charge in [-0.15, -0.1) is 0 Å². The van der Waals surface area contributed by atoms with Gasteiger partial charge < -0.3 is 5.11 Å². The predicted octanol–water partition coefficient (Wildman–Crippen LogP) is 2.45. The summed E-state index contributed by atoms with van der Waals surface area (Å²) in [4.78, 5) is 21.9. The molecule has 0 heterocycles. The van der Waals surface area contributed by atoms with Crippen LogP contribution in [0.2, 0.25) is 0 Å². The van der Waals surface area contributed by atoms with E-state index in [1.807, 2.05) is 0 Å². The summed E-state index contributed by atoms with van der Waals surface area (Å²) in [6, 6.07) is 11.7. The van der Waals surface area contributed by atoms with Crippen molar-refractivity contribution in [2.24, 2.45) is 5.10 Å². The van der Waals surface area contributed by atoms with Gasteiger partial charge in [-0.3, -0.25) is 14.9 Å². The molecule has 0 unspecified atom stereocenters. The smallest absolute Gasteiger partial charge is 0.271 e. The Morgan fingerprint density at radius 2 is 1.86 bits per heavy atom. The summed E-state index contributed by atoms with van der Waals surface area (Å²) >= 11 is 0. The van der Waals surface area contributed by atoms with Crippen molar-refractivity contribution in [3.05, 3.63) is 69.8 Å². The highest BCUT2D eigenvalue weighted by atomic mass is 16.6. The molecule has 0 aliphatic rings. The first kappa shape index (κ1) is 15.2. The number of non-ortho nitro benzene ring substituents is 1. The average molecular weight is 299 g/mol. The quantitative estimate of drug-likeness (QED) is 0.514. The lowest BCUT2D eigenvalue weighted by molar-refractivity contribution is -0.384. The Morgan fingerprint density at radius 1 is 1.18 bits per heavy atom. The average Bonchev–Trinajstić information content (AvgIpc) is 2.52. The van der Waals surface area contributed by atoms with Gasteiger partial charge in [-0.05, 0) is 31.2 Å². The molecule has 0 aromatic heterocycles. The topological polar surface area (TPSA) is 105 Å². The van der Waals surface area contributed by atoms with Crippen molar-refractivity contribution in [1.82, 2.24) is 5.43 Å². The molecule has 112 valence electrons. The summed E-state index contributed by atoms with van der Waals surface area (Å²) in [7, 11) is 0. The number of nitrogens with zero attached hydrogens (tertiary/aromatic N) is 2. The van der Waals surface area contributed by atoms with Crippen molar-refractivity contribution >= 4 is 17.3 Å². The molecule has 0 spiro atoms. The highest BCUT2D eigenvalue weighted by Gasteiger charge is 2.09. The van der Waals surface area contributed by atoms with Crippen LogP contribution in [0.1, 0.15) is 22.8 Å². The van der Waals surface area contributed by atoms with Gasteiger partial charge in [0.15, 0.2) is 0 Å². The van der Waals surface area contributed by atoms with Crippen LogP contribution in [-0.2, 0) is 0 Å². The molecular formula is C15H13N3O4. The van der Waals surface area contributed by atoms with Crippen molar-refractivity contribution in [3.63, 3.8) is 0 Å². The summed E-state index contributed by atoms with van der Waals surface area (Å²) in [5.41, 5.74) is 3.73. The molecule has 22 heavy (non-hydrogen) atoms. The van der Waals surface area contributed by atoms with Crippen LogP contribution in [-0.4, -0.2) is 21.6 Å². The van der Waals surface area contributed by atoms with Crippen molar-refractivity contribution in [1.29, 1.82) is 0 Å². The zero-order valence-corrected chi connectivity index (χ0v) is 11.7. The summed E-state index contributed by atoms with van der Waals surface area (Å²) in [6.45, 7) is 1.69. The Labute approximate surface area is 126 Å². The van der Waals surface area contributed by atoms with E-state index in [1.165, 1.54) is 36.4 Å². The molecule has 2 N–H and O–H groups in total. The van der Waals surface area contributed by atoms with Crippen LogP contribution in [0.3, 0.4) is 0 Å². The zero-order chi connectivity index (χ0) is 16.1. The number of hydrogen-bond acceptors (Lipinski definition) is 5. The SMILES string of the molecule is C/C(=N/NC(=O)c1ccc([N+](=O)[O-])cc1)c1cccc(O)c1. The van der Waals surface area contributed by atoms with Crippen LogP contribution < -0.4 is 5.43 Å². The van der Waals surface area contributed by atoms with Crippen molar-refractivity contribution in [2.75, 3.05) is 0 Å². The third-order valence-corrected chi connectivity index (χ3v) is 2.93. The molecule has 7 heteroatoms. The number of nitrogens with one attached hydrogen (secondary N) is 1. The molecule has 1 amide bonds. The van der Waals surface area contributed by atoms with E-state index < -0.39 is 10.8 Å². The fourth-order valence-electron chi connectivity index (χ4n) is 1.73. The molecule has 0 fully saturated rings. The number of hydrazone groups is 1. The number of benzene rings is 2. The molecule has 2 aromatic carbocycles. The Bertz CT molecular complexity index is 739. The molecule has 0 saturated carbocycles. The van der Waals surface area contributed by atoms with E-state index in [0.717, 1.165) is 0 Å². The Morgan fingerprint density at radius 3 is 2.45 bits per heavy atom. The van der Waals surface area contributed by atoms with Crippen LogP contribution in [0.15, 0.2) is 53.6 Å². The van der Waals surface area contributed by atoms with Gasteiger partial charge in [0.2, 0.25) is 0 Å². The number of nitro groups is 1. The van der Waals surface area contributed by atoms with Crippen LogP contribution in [0, 0.1) is 10.1 Å². The highest BCUT2D eigenvalue weighted by Crippen LogP contribution is 2.13. The number of phenols is 1. The van der Waals surface area contributed by atoms with E-state index >= 15 is 0 Å². The lowest BCUT2D eigenvalue weighted by atomic mass is 10.1. The lowest BCUT2D eigenvalue weighted by Crippen LogP contribution is -2.19. The second-order valence-corrected chi connectivity index (χ2v) is 4.49. The minimum absolute atomic E-state index is 0.0870. The summed E-state index contributed by atoms with van der Waals surface area (Å²) in [6.07, 6.45) is 0. The Kier molecular flexibility index (Phi) is 4.47. The Balaban J connectivity index is 2.08. The highest BCUT2D eigenvalue weighted by molar-refractivity contribution is 6.01. The molecule has 0 bridgehead atoms. The van der Waals surface area contributed by atoms with Gasteiger partial charge in [-0.1, -0.05) is 12.1 Å². The minimum atomic E-state index is -0.536. The number of aromatic hydroxyl groups is 1. The number of carbonyl (C=O) groups excluding carboxylic acids is 1. The molecule has 0 radical (unpaired) electrons. The maximum absolute atomic E-state index is 11.9. The number of hydrogen-bond donors (Lipinski definition) is 2. The van der Waals surface area contributed by atoms with Gasteiger partial charge in [-0.25, -0.2) is 5.43 Å². The third kappa shape index (κ3) is 3.66. The standard InChI is InChI=1S/C15H13N3O4/c1-10(12-3-2-4-14(19)9-12)16-17-15(20)11-5-7-13(8-6-11)18(21)22/h2-9,19H,1H3,(H,17,20)/b16-10-. The van der Waals surface area contributed by atoms with Crippen LogP contribution in [0.4, 0.5) is 5.69 Å². The zero-order valence-electron chi connectivity index (χ0n) is 11.7. The van der Waals surface area contributed by atoms with E-state index in [0.29, 0.717) is 11.3 Å². The summed E-state index contributed by atoms with van der Waals surface area (Å²) < 4.78 is 0. The van der Waals surface area contributed by atoms with Crippen LogP contribution >= 0.6 is 0 Å². The van der Waals surface area contributed by atoms with E-state index in [-0.39, 0.29) is 17.0 Å². The lowest BCUT2D eigenvalue weighted by Gasteiger charge is -2.03. The van der Waals surface area contributed by atoms with Gasteiger partial charge in [0, 0.05) is 23.3 Å². The van der Waals surface area contributed by atoms with E-state index in [4.69, 9.17) is 0 Å². The molecule has 0 aliphatic carbocycles. The maximum Gasteiger partial charge on any atom is 0.271 e. The number of nitro benzene ring substituents is 1. The molecule has 2 rings (SSSR count). The fraction of sp³-hybridized carbons (Fsp3) is 0.0667. The van der Waals surface area contributed by atoms with Gasteiger partial charge in [0.1, 0.15) is 5.75 Å². The van der Waals surface area contributed by atoms with E-state index in [2.05, 4.69) is 10.5 Å². The predicted molar refractivity (Wildman–Crippen MR) is 80.9 cm³/mol. The molecule has 7 nitrogen and oxygen atoms in total. The van der Waals surface area contributed by atoms with E-state index in [9.17, 15) is 20.0 Å². The Hall–Kier alpha value is -3.22. The minimum Gasteiger partial charge on any atom is -0.508 e. The first-order valence-corrected chi connectivity index (χ1v) is 6.36. The molecule has 2 aromatic rings. The normalized spacial score (nSPS) is 11.0. The monoisotopic (exact) mass is 299 g/mol. The van der Waals surface area contributed by atoms with Crippen molar-refractivity contribution in [2.45, 2.75) is 6.92 Å². The van der Waals surface area contributed by atoms with Gasteiger partial charge in [-0.2, -0.15) is 5.10 Å². The second-order valence-electron chi connectivity index (χ2n) is 4.49. The van der Waals surface area contributed by atoms with Crippen molar-refractivity contribution < 1.29 is 14.8 Å². The van der Waals surface area contributed by atoms with Crippen molar-refractivity contribution in [3.8, 4) is 5.75 Å². The molecule has 0 atom stereocenters. The first-order chi connectivity index (χ1) is 10.5. The number of amides is 1. The van der Waals surface area contributed by atoms with Gasteiger partial charge in [0.05, 0.1) is 10.6 Å². The molecule has 0 aliphatic heterocycles. The van der Waals surface area contributed by atoms with Crippen LogP contribution in [0.5, 0.6) is 5.75 Å². The fourth-order valence-corrected chi connectivity index (χ4v) is 1.73. The number of phenolic OH excluding ortho intramolecular Hbond substituents is 1. The van der Waals surface area contributed by atoms with Gasteiger partial charge in [0.25, 0.3) is 11.6 Å². The maximum atomic E-state index is 11.9. The molecule has 0 saturated heterocycles. The second kappa shape index (κ2) is 6.49. The van der Waals surface area contributed by atoms with Crippen LogP contribution in [0.25, 0.3) is 0 Å². The number of carbonyl (C=O) groups is 1.